The SMILES string of the molecule is [C-]#[N+]c1ccc(-c2ccccn2)c(OCOC)c1. The molecule has 0 fully saturated rings. The lowest BCUT2D eigenvalue weighted by Crippen LogP contribution is -2.00. The highest BCUT2D eigenvalue weighted by Gasteiger charge is 2.08. The number of aromatic nitrogens is 1. The van der Waals surface area contributed by atoms with Crippen LogP contribution in [-0.2, 0) is 4.74 Å². The van der Waals surface area contributed by atoms with Gasteiger partial charge in [-0.05, 0) is 18.2 Å². The number of nitrogens with zero attached hydrogens (tertiary/aromatic N) is 2. The summed E-state index contributed by atoms with van der Waals surface area (Å²) < 4.78 is 10.4. The van der Waals surface area contributed by atoms with Gasteiger partial charge in [0.2, 0.25) is 0 Å². The maximum Gasteiger partial charge on any atom is 0.190 e. The molecule has 1 aromatic carbocycles. The lowest BCUT2D eigenvalue weighted by molar-refractivity contribution is 0.0516. The van der Waals surface area contributed by atoms with Gasteiger partial charge < -0.3 is 9.47 Å². The fourth-order valence-electron chi connectivity index (χ4n) is 1.56. The topological polar surface area (TPSA) is 35.7 Å². The van der Waals surface area contributed by atoms with E-state index in [-0.39, 0.29) is 6.79 Å². The first-order chi connectivity index (χ1) is 8.85. The molecule has 90 valence electrons. The van der Waals surface area contributed by atoms with Gasteiger partial charge in [-0.2, -0.15) is 0 Å². The Labute approximate surface area is 106 Å². The molecule has 1 aromatic heterocycles. The van der Waals surface area contributed by atoms with Crippen LogP contribution in [0.25, 0.3) is 16.1 Å². The van der Waals surface area contributed by atoms with Crippen molar-refractivity contribution in [3.8, 4) is 17.0 Å². The highest BCUT2D eigenvalue weighted by Crippen LogP contribution is 2.32. The zero-order valence-corrected chi connectivity index (χ0v) is 9.96. The van der Waals surface area contributed by atoms with Crippen LogP contribution in [0.1, 0.15) is 0 Å². The van der Waals surface area contributed by atoms with Gasteiger partial charge in [-0.25, -0.2) is 4.85 Å². The van der Waals surface area contributed by atoms with E-state index >= 15 is 0 Å². The van der Waals surface area contributed by atoms with E-state index in [1.165, 1.54) is 0 Å². The number of ether oxygens (including phenoxy) is 2. The van der Waals surface area contributed by atoms with Gasteiger partial charge in [0, 0.05) is 18.9 Å². The van der Waals surface area contributed by atoms with Crippen LogP contribution in [0.2, 0.25) is 0 Å². The molecule has 2 rings (SSSR count). The molecule has 0 N–H and O–H groups in total. The Kier molecular flexibility index (Phi) is 3.90. The second-order valence-corrected chi connectivity index (χ2v) is 3.56. The quantitative estimate of drug-likeness (QED) is 0.607. The monoisotopic (exact) mass is 240 g/mol. The second-order valence-electron chi connectivity index (χ2n) is 3.56. The summed E-state index contributed by atoms with van der Waals surface area (Å²) >= 11 is 0. The molecule has 0 bridgehead atoms. The van der Waals surface area contributed by atoms with Crippen LogP contribution in [0.3, 0.4) is 0 Å². The van der Waals surface area contributed by atoms with E-state index in [0.29, 0.717) is 11.4 Å². The van der Waals surface area contributed by atoms with E-state index in [9.17, 15) is 0 Å². The molecule has 4 nitrogen and oxygen atoms in total. The highest BCUT2D eigenvalue weighted by molar-refractivity contribution is 5.71. The number of methoxy groups -OCH3 is 1. The summed E-state index contributed by atoms with van der Waals surface area (Å²) in [6.45, 7) is 7.16. The predicted octanol–water partition coefficient (Wildman–Crippen LogP) is 3.28. The van der Waals surface area contributed by atoms with Crippen molar-refractivity contribution in [2.45, 2.75) is 0 Å². The first kappa shape index (κ1) is 12.1. The van der Waals surface area contributed by atoms with Gasteiger partial charge in [0.15, 0.2) is 12.5 Å². The molecule has 0 saturated carbocycles. The van der Waals surface area contributed by atoms with Gasteiger partial charge in [0.05, 0.1) is 12.3 Å². The molecule has 0 amide bonds. The van der Waals surface area contributed by atoms with Crippen LogP contribution in [0.4, 0.5) is 5.69 Å². The molecular weight excluding hydrogens is 228 g/mol. The third kappa shape index (κ3) is 2.65. The van der Waals surface area contributed by atoms with E-state index in [4.69, 9.17) is 16.0 Å². The van der Waals surface area contributed by atoms with Crippen LogP contribution in [0.15, 0.2) is 42.6 Å². The van der Waals surface area contributed by atoms with Crippen LogP contribution in [0, 0.1) is 6.57 Å². The summed E-state index contributed by atoms with van der Waals surface area (Å²) in [4.78, 5) is 7.66. The fourth-order valence-corrected chi connectivity index (χ4v) is 1.56. The zero-order chi connectivity index (χ0) is 12.8. The summed E-state index contributed by atoms with van der Waals surface area (Å²) in [5.74, 6) is 0.601. The molecule has 2 aromatic rings. The van der Waals surface area contributed by atoms with Gasteiger partial charge in [-0.3, -0.25) is 4.98 Å². The molecule has 0 aliphatic rings. The van der Waals surface area contributed by atoms with Crippen LogP contribution >= 0.6 is 0 Å². The summed E-state index contributed by atoms with van der Waals surface area (Å²) in [5.41, 5.74) is 2.18. The number of hydrogen-bond acceptors (Lipinski definition) is 3. The van der Waals surface area contributed by atoms with Gasteiger partial charge in [-0.1, -0.05) is 18.2 Å². The molecule has 0 aliphatic heterocycles. The minimum absolute atomic E-state index is 0.140. The third-order valence-corrected chi connectivity index (χ3v) is 2.37. The predicted molar refractivity (Wildman–Crippen MR) is 68.4 cm³/mol. The van der Waals surface area contributed by atoms with E-state index < -0.39 is 0 Å². The summed E-state index contributed by atoms with van der Waals surface area (Å²) in [6, 6.07) is 10.9. The lowest BCUT2D eigenvalue weighted by atomic mass is 10.1. The minimum atomic E-state index is 0.140. The van der Waals surface area contributed by atoms with Crippen molar-refractivity contribution < 1.29 is 9.47 Å². The van der Waals surface area contributed by atoms with Gasteiger partial charge in [0.25, 0.3) is 0 Å². The molecule has 0 saturated heterocycles. The van der Waals surface area contributed by atoms with Gasteiger partial charge in [0.1, 0.15) is 5.75 Å². The Morgan fingerprint density at radius 2 is 2.17 bits per heavy atom. The van der Waals surface area contributed by atoms with Crippen molar-refractivity contribution >= 4 is 5.69 Å². The Morgan fingerprint density at radius 1 is 1.28 bits per heavy atom. The number of hydrogen-bond donors (Lipinski definition) is 0. The van der Waals surface area contributed by atoms with Crippen molar-refractivity contribution in [1.29, 1.82) is 0 Å². The average Bonchev–Trinajstić information content (AvgIpc) is 2.45. The van der Waals surface area contributed by atoms with Gasteiger partial charge >= 0.3 is 0 Å². The molecule has 0 radical (unpaired) electrons. The van der Waals surface area contributed by atoms with Crippen molar-refractivity contribution in [2.75, 3.05) is 13.9 Å². The molecule has 0 unspecified atom stereocenters. The number of benzene rings is 1. The molecular formula is C14H12N2O2. The van der Waals surface area contributed by atoms with Crippen molar-refractivity contribution in [1.82, 2.24) is 4.98 Å². The Bertz CT molecular complexity index is 562. The largest absolute Gasteiger partial charge is 0.468 e. The van der Waals surface area contributed by atoms with Crippen LogP contribution in [-0.4, -0.2) is 18.9 Å². The molecule has 4 heteroatoms. The minimum Gasteiger partial charge on any atom is -0.468 e. The third-order valence-electron chi connectivity index (χ3n) is 2.37. The van der Waals surface area contributed by atoms with Crippen molar-refractivity contribution in [3.63, 3.8) is 0 Å². The Balaban J connectivity index is 2.43. The second kappa shape index (κ2) is 5.80. The van der Waals surface area contributed by atoms with Crippen LogP contribution < -0.4 is 4.74 Å². The summed E-state index contributed by atoms with van der Waals surface area (Å²) in [5, 5.41) is 0. The maximum absolute atomic E-state index is 7.02. The zero-order valence-electron chi connectivity index (χ0n) is 9.96. The Morgan fingerprint density at radius 3 is 2.83 bits per heavy atom. The average molecular weight is 240 g/mol. The molecule has 0 atom stereocenters. The molecule has 18 heavy (non-hydrogen) atoms. The number of pyridine rings is 1. The Hall–Kier alpha value is -2.38. The fraction of sp³-hybridized carbons (Fsp3) is 0.143. The first-order valence-corrected chi connectivity index (χ1v) is 5.40. The summed E-state index contributed by atoms with van der Waals surface area (Å²) in [6.07, 6.45) is 1.72. The van der Waals surface area contributed by atoms with E-state index in [2.05, 4.69) is 9.83 Å². The standard InChI is InChI=1S/C14H12N2O2/c1-15-11-6-7-12(13-5-3-4-8-16-13)14(9-11)18-10-17-2/h3-9H,10H2,2H3. The normalized spacial score (nSPS) is 9.78. The highest BCUT2D eigenvalue weighted by atomic mass is 16.7. The van der Waals surface area contributed by atoms with Crippen molar-refractivity contribution in [3.05, 3.63) is 54.0 Å². The smallest absolute Gasteiger partial charge is 0.190 e. The lowest BCUT2D eigenvalue weighted by Gasteiger charge is -2.10. The first-order valence-electron chi connectivity index (χ1n) is 5.40. The maximum atomic E-state index is 7.02. The van der Waals surface area contributed by atoms with E-state index in [1.807, 2.05) is 24.3 Å². The summed E-state index contributed by atoms with van der Waals surface area (Å²) in [7, 11) is 1.55. The van der Waals surface area contributed by atoms with Crippen molar-refractivity contribution in [2.24, 2.45) is 0 Å². The number of rotatable bonds is 4. The molecule has 1 heterocycles. The van der Waals surface area contributed by atoms with Gasteiger partial charge in [-0.15, -0.1) is 0 Å². The molecule has 0 aliphatic carbocycles. The van der Waals surface area contributed by atoms with E-state index in [1.54, 1.807) is 25.4 Å². The van der Waals surface area contributed by atoms with Crippen LogP contribution in [0.5, 0.6) is 5.75 Å². The van der Waals surface area contributed by atoms with E-state index in [0.717, 1.165) is 11.3 Å². The molecule has 0 spiro atoms.